The Kier molecular flexibility index (Phi) is 3.58. The lowest BCUT2D eigenvalue weighted by molar-refractivity contribution is 0.0190. The maximum atomic E-state index is 12.3. The third kappa shape index (κ3) is 2.72. The second-order valence-electron chi connectivity index (χ2n) is 5.54. The molecule has 2 saturated heterocycles. The van der Waals surface area contributed by atoms with Crippen molar-refractivity contribution in [3.63, 3.8) is 0 Å². The Balaban J connectivity index is 1.95. The molecule has 2 aliphatic rings. The van der Waals surface area contributed by atoms with Gasteiger partial charge in [-0.2, -0.15) is 0 Å². The first-order valence-electron chi connectivity index (χ1n) is 6.33. The summed E-state index contributed by atoms with van der Waals surface area (Å²) in [5.74, 6) is 0. The van der Waals surface area contributed by atoms with Gasteiger partial charge in [0, 0.05) is 38.3 Å². The molecule has 2 heterocycles. The van der Waals surface area contributed by atoms with Gasteiger partial charge in [0.2, 0.25) is 0 Å². The molecule has 5 nitrogen and oxygen atoms in total. The van der Waals surface area contributed by atoms with Crippen molar-refractivity contribution in [1.29, 1.82) is 0 Å². The Morgan fingerprint density at radius 1 is 1.06 bits per heavy atom. The molecule has 0 aliphatic carbocycles. The van der Waals surface area contributed by atoms with Crippen LogP contribution in [0.3, 0.4) is 0 Å². The number of piperazine rings is 1. The van der Waals surface area contributed by atoms with E-state index in [1.807, 2.05) is 9.80 Å². The second kappa shape index (κ2) is 4.82. The molecule has 2 fully saturated rings. The molecule has 0 aromatic carbocycles. The summed E-state index contributed by atoms with van der Waals surface area (Å²) in [5, 5.41) is 0. The van der Waals surface area contributed by atoms with Gasteiger partial charge in [0.25, 0.3) is 0 Å². The normalized spacial score (nSPS) is 26.1. The predicted molar refractivity (Wildman–Crippen MR) is 66.1 cm³/mol. The van der Waals surface area contributed by atoms with Gasteiger partial charge in [-0.1, -0.05) is 0 Å². The zero-order valence-corrected chi connectivity index (χ0v) is 11.1. The summed E-state index contributed by atoms with van der Waals surface area (Å²) in [6, 6.07) is 0.175. The predicted octanol–water partition coefficient (Wildman–Crippen LogP) is 0.465. The number of hydrogen-bond donors (Lipinski definition) is 0. The van der Waals surface area contributed by atoms with E-state index in [-0.39, 0.29) is 11.6 Å². The van der Waals surface area contributed by atoms with Crippen LogP contribution in [-0.4, -0.2) is 79.3 Å². The lowest BCUT2D eigenvalue weighted by Crippen LogP contribution is -2.61. The molecule has 0 aromatic heterocycles. The number of hydrogen-bond acceptors (Lipinski definition) is 3. The Bertz CT molecular complexity index is 287. The molecule has 0 radical (unpaired) electrons. The van der Waals surface area contributed by atoms with Crippen molar-refractivity contribution in [2.75, 3.05) is 53.0 Å². The monoisotopic (exact) mass is 241 g/mol. The fourth-order valence-electron chi connectivity index (χ4n) is 2.36. The molecule has 5 heteroatoms. The largest absolute Gasteiger partial charge is 0.378 e. The highest BCUT2D eigenvalue weighted by atomic mass is 16.5. The van der Waals surface area contributed by atoms with Crippen LogP contribution in [0.1, 0.15) is 13.8 Å². The van der Waals surface area contributed by atoms with Crippen molar-refractivity contribution in [3.05, 3.63) is 0 Å². The second-order valence-corrected chi connectivity index (χ2v) is 5.54. The molecule has 0 bridgehead atoms. The number of likely N-dealkylation sites (N-methyl/N-ethyl adjacent to an activating group) is 1. The number of ether oxygens (including phenoxy) is 1. The van der Waals surface area contributed by atoms with E-state index in [0.717, 1.165) is 32.7 Å². The molecule has 0 atom stereocenters. The van der Waals surface area contributed by atoms with E-state index in [2.05, 4.69) is 25.8 Å². The molecule has 2 rings (SSSR count). The van der Waals surface area contributed by atoms with Crippen molar-refractivity contribution in [2.45, 2.75) is 19.4 Å². The highest BCUT2D eigenvalue weighted by Crippen LogP contribution is 2.20. The summed E-state index contributed by atoms with van der Waals surface area (Å²) < 4.78 is 5.27. The highest BCUT2D eigenvalue weighted by molar-refractivity contribution is 5.74. The summed E-state index contributed by atoms with van der Waals surface area (Å²) in [5.41, 5.74) is 0.0696. The zero-order valence-electron chi connectivity index (χ0n) is 11.1. The summed E-state index contributed by atoms with van der Waals surface area (Å²) in [7, 11) is 2.12. The van der Waals surface area contributed by atoms with E-state index in [1.165, 1.54) is 0 Å². The Morgan fingerprint density at radius 3 is 2.29 bits per heavy atom. The van der Waals surface area contributed by atoms with Crippen LogP contribution in [0.4, 0.5) is 4.79 Å². The smallest absolute Gasteiger partial charge is 0.320 e. The minimum Gasteiger partial charge on any atom is -0.378 e. The molecular formula is C12H23N3O2. The van der Waals surface area contributed by atoms with E-state index in [4.69, 9.17) is 4.74 Å². The quantitative estimate of drug-likeness (QED) is 0.618. The Morgan fingerprint density at radius 2 is 1.71 bits per heavy atom. The Hall–Kier alpha value is -0.810. The summed E-state index contributed by atoms with van der Waals surface area (Å²) in [4.78, 5) is 18.5. The third-order valence-electron chi connectivity index (χ3n) is 3.87. The zero-order chi connectivity index (χ0) is 12.5. The topological polar surface area (TPSA) is 36.0 Å². The van der Waals surface area contributed by atoms with Gasteiger partial charge >= 0.3 is 6.03 Å². The number of carbonyl (C=O) groups is 1. The molecule has 98 valence electrons. The van der Waals surface area contributed by atoms with E-state index >= 15 is 0 Å². The first-order chi connectivity index (χ1) is 8.00. The van der Waals surface area contributed by atoms with Crippen molar-refractivity contribution in [3.8, 4) is 0 Å². The highest BCUT2D eigenvalue weighted by Gasteiger charge is 2.35. The van der Waals surface area contributed by atoms with Gasteiger partial charge in [0.15, 0.2) is 0 Å². The average molecular weight is 241 g/mol. The average Bonchev–Trinajstić information content (AvgIpc) is 2.33. The molecule has 0 aromatic rings. The van der Waals surface area contributed by atoms with Crippen LogP contribution >= 0.6 is 0 Å². The number of amides is 2. The lowest BCUT2D eigenvalue weighted by Gasteiger charge is -2.46. The molecule has 17 heavy (non-hydrogen) atoms. The minimum atomic E-state index is 0.0696. The van der Waals surface area contributed by atoms with Gasteiger partial charge in [-0.05, 0) is 20.9 Å². The minimum absolute atomic E-state index is 0.0696. The van der Waals surface area contributed by atoms with E-state index in [0.29, 0.717) is 13.2 Å². The van der Waals surface area contributed by atoms with Gasteiger partial charge in [-0.15, -0.1) is 0 Å². The summed E-state index contributed by atoms with van der Waals surface area (Å²) in [6.07, 6.45) is 0. The SMILES string of the molecule is CN1CCN(C(=O)N2CCOCC2)CC1(C)C. The number of morpholine rings is 1. The lowest BCUT2D eigenvalue weighted by atomic mass is 10.00. The maximum absolute atomic E-state index is 12.3. The van der Waals surface area contributed by atoms with Crippen LogP contribution in [-0.2, 0) is 4.74 Å². The van der Waals surface area contributed by atoms with Gasteiger partial charge in [-0.25, -0.2) is 4.79 Å². The van der Waals surface area contributed by atoms with Crippen molar-refractivity contribution < 1.29 is 9.53 Å². The molecule has 0 N–H and O–H groups in total. The molecular weight excluding hydrogens is 218 g/mol. The van der Waals surface area contributed by atoms with Crippen molar-refractivity contribution in [2.24, 2.45) is 0 Å². The van der Waals surface area contributed by atoms with Crippen molar-refractivity contribution in [1.82, 2.24) is 14.7 Å². The van der Waals surface area contributed by atoms with Gasteiger partial charge in [0.05, 0.1) is 13.2 Å². The molecule has 0 spiro atoms. The molecule has 0 saturated carbocycles. The van der Waals surface area contributed by atoms with Gasteiger partial charge < -0.3 is 14.5 Å². The van der Waals surface area contributed by atoms with Crippen LogP contribution in [0.2, 0.25) is 0 Å². The molecule has 2 aliphatic heterocycles. The maximum Gasteiger partial charge on any atom is 0.320 e. The standard InChI is InChI=1S/C12H23N3O2/c1-12(2)10-15(5-4-13(12)3)11(16)14-6-8-17-9-7-14/h4-10H2,1-3H3. The Labute approximate surface area is 103 Å². The van der Waals surface area contributed by atoms with Crippen LogP contribution in [0.5, 0.6) is 0 Å². The number of nitrogens with zero attached hydrogens (tertiary/aromatic N) is 3. The first-order valence-corrected chi connectivity index (χ1v) is 6.33. The number of carbonyl (C=O) groups excluding carboxylic acids is 1. The summed E-state index contributed by atoms with van der Waals surface area (Å²) in [6.45, 7) is 9.75. The fourth-order valence-corrected chi connectivity index (χ4v) is 2.36. The van der Waals surface area contributed by atoms with Crippen LogP contribution in [0.25, 0.3) is 0 Å². The summed E-state index contributed by atoms with van der Waals surface area (Å²) >= 11 is 0. The molecule has 2 amide bonds. The first kappa shape index (κ1) is 12.6. The molecule has 0 unspecified atom stereocenters. The van der Waals surface area contributed by atoms with Crippen molar-refractivity contribution >= 4 is 6.03 Å². The van der Waals surface area contributed by atoms with E-state index in [1.54, 1.807) is 0 Å². The fraction of sp³-hybridized carbons (Fsp3) is 0.917. The van der Waals surface area contributed by atoms with Crippen LogP contribution in [0.15, 0.2) is 0 Å². The van der Waals surface area contributed by atoms with Gasteiger partial charge in [0.1, 0.15) is 0 Å². The van der Waals surface area contributed by atoms with Crippen LogP contribution < -0.4 is 0 Å². The number of urea groups is 1. The number of rotatable bonds is 0. The van der Waals surface area contributed by atoms with E-state index < -0.39 is 0 Å². The van der Waals surface area contributed by atoms with Crippen LogP contribution in [0, 0.1) is 0 Å². The van der Waals surface area contributed by atoms with E-state index in [9.17, 15) is 4.79 Å². The third-order valence-corrected chi connectivity index (χ3v) is 3.87. The van der Waals surface area contributed by atoms with Gasteiger partial charge in [-0.3, -0.25) is 4.90 Å².